The van der Waals surface area contributed by atoms with Crippen molar-refractivity contribution in [1.29, 1.82) is 0 Å². The number of likely N-dealkylation sites (N-methyl/N-ethyl adjacent to an activating group) is 1. The molecule has 0 radical (unpaired) electrons. The number of ether oxygens (including phenoxy) is 1. The third kappa shape index (κ3) is 4.68. The van der Waals surface area contributed by atoms with Gasteiger partial charge < -0.3 is 19.9 Å². The van der Waals surface area contributed by atoms with E-state index < -0.39 is 0 Å². The van der Waals surface area contributed by atoms with Crippen molar-refractivity contribution in [3.63, 3.8) is 0 Å². The topological polar surface area (TPSA) is 53.2 Å². The van der Waals surface area contributed by atoms with Crippen LogP contribution in [0.25, 0.3) is 0 Å². The van der Waals surface area contributed by atoms with E-state index in [1.807, 2.05) is 38.5 Å². The van der Waals surface area contributed by atoms with Crippen LogP contribution in [0.5, 0.6) is 5.75 Å². The van der Waals surface area contributed by atoms with Gasteiger partial charge in [0, 0.05) is 31.0 Å². The number of imidazole rings is 1. The van der Waals surface area contributed by atoms with E-state index in [9.17, 15) is 0 Å². The Morgan fingerprint density at radius 2 is 2.10 bits per heavy atom. The van der Waals surface area contributed by atoms with Crippen molar-refractivity contribution in [1.82, 2.24) is 20.2 Å². The summed E-state index contributed by atoms with van der Waals surface area (Å²) in [4.78, 5) is 9.37. The van der Waals surface area contributed by atoms with Gasteiger partial charge in [0.25, 0.3) is 0 Å². The summed E-state index contributed by atoms with van der Waals surface area (Å²) in [6, 6.07) is 8.13. The molecule has 0 fully saturated rings. The Kier molecular flexibility index (Phi) is 5.58. The van der Waals surface area contributed by atoms with Gasteiger partial charge in [0.1, 0.15) is 18.2 Å². The molecule has 5 heteroatoms. The van der Waals surface area contributed by atoms with Gasteiger partial charge in [-0.2, -0.15) is 0 Å². The Bertz CT molecular complexity index is 496. The van der Waals surface area contributed by atoms with Crippen molar-refractivity contribution in [3.8, 4) is 5.75 Å². The van der Waals surface area contributed by atoms with Gasteiger partial charge in [-0.3, -0.25) is 0 Å². The predicted molar refractivity (Wildman–Crippen MR) is 79.6 cm³/mol. The number of aromatic nitrogens is 2. The minimum absolute atomic E-state index is 0.697. The molecule has 0 aliphatic rings. The normalized spacial score (nSPS) is 10.9. The lowest BCUT2D eigenvalue weighted by Crippen LogP contribution is -2.20. The first kappa shape index (κ1) is 14.6. The van der Waals surface area contributed by atoms with E-state index in [2.05, 4.69) is 26.3 Å². The monoisotopic (exact) mass is 274 g/mol. The standard InChI is InChI=1S/C15H22N4O/c1-19(2)9-10-20-14-6-4-3-5-13(14)11-16-12-15-17-7-8-18-15/h3-8,16H,9-12H2,1-2H3,(H,17,18). The average Bonchev–Trinajstić information content (AvgIpc) is 2.93. The van der Waals surface area contributed by atoms with Gasteiger partial charge in [-0.05, 0) is 20.2 Å². The number of nitrogens with zero attached hydrogens (tertiary/aromatic N) is 2. The van der Waals surface area contributed by atoms with Crippen LogP contribution in [-0.4, -0.2) is 42.1 Å². The fraction of sp³-hybridized carbons (Fsp3) is 0.400. The summed E-state index contributed by atoms with van der Waals surface area (Å²) in [7, 11) is 4.08. The van der Waals surface area contributed by atoms with Gasteiger partial charge in [0.05, 0.1) is 6.54 Å². The van der Waals surface area contributed by atoms with Crippen molar-refractivity contribution in [3.05, 3.63) is 48.0 Å². The Morgan fingerprint density at radius 1 is 1.25 bits per heavy atom. The van der Waals surface area contributed by atoms with Gasteiger partial charge in [0.2, 0.25) is 0 Å². The van der Waals surface area contributed by atoms with Gasteiger partial charge in [-0.1, -0.05) is 18.2 Å². The first-order valence-corrected chi connectivity index (χ1v) is 6.80. The van der Waals surface area contributed by atoms with Gasteiger partial charge in [-0.15, -0.1) is 0 Å². The van der Waals surface area contributed by atoms with Gasteiger partial charge in [-0.25, -0.2) is 4.98 Å². The maximum atomic E-state index is 5.83. The zero-order valence-electron chi connectivity index (χ0n) is 12.1. The highest BCUT2D eigenvalue weighted by Gasteiger charge is 2.03. The molecule has 2 aromatic rings. The summed E-state index contributed by atoms with van der Waals surface area (Å²) in [5, 5.41) is 3.36. The van der Waals surface area contributed by atoms with E-state index in [-0.39, 0.29) is 0 Å². The molecule has 108 valence electrons. The molecule has 0 spiro atoms. The molecule has 0 aliphatic heterocycles. The summed E-state index contributed by atoms with van der Waals surface area (Å²) in [5.74, 6) is 1.89. The van der Waals surface area contributed by atoms with Crippen molar-refractivity contribution in [2.24, 2.45) is 0 Å². The third-order valence-corrected chi connectivity index (χ3v) is 2.93. The number of nitrogens with one attached hydrogen (secondary N) is 2. The third-order valence-electron chi connectivity index (χ3n) is 2.93. The van der Waals surface area contributed by atoms with Crippen molar-refractivity contribution < 1.29 is 4.74 Å². The lowest BCUT2D eigenvalue weighted by Gasteiger charge is -2.14. The first-order valence-electron chi connectivity index (χ1n) is 6.80. The van der Waals surface area contributed by atoms with E-state index in [0.717, 1.165) is 36.8 Å². The number of hydrogen-bond acceptors (Lipinski definition) is 4. The zero-order valence-corrected chi connectivity index (χ0v) is 12.1. The smallest absolute Gasteiger partial charge is 0.123 e. The Balaban J connectivity index is 1.83. The highest BCUT2D eigenvalue weighted by molar-refractivity contribution is 5.33. The van der Waals surface area contributed by atoms with E-state index >= 15 is 0 Å². The number of rotatable bonds is 8. The molecule has 0 atom stereocenters. The number of aromatic amines is 1. The average molecular weight is 274 g/mol. The van der Waals surface area contributed by atoms with Crippen LogP contribution in [0.15, 0.2) is 36.7 Å². The summed E-state index contributed by atoms with van der Waals surface area (Å²) in [6.07, 6.45) is 3.59. The second kappa shape index (κ2) is 7.67. The quantitative estimate of drug-likeness (QED) is 0.768. The van der Waals surface area contributed by atoms with Crippen LogP contribution in [0.4, 0.5) is 0 Å². The Hall–Kier alpha value is -1.85. The fourth-order valence-electron chi connectivity index (χ4n) is 1.84. The number of hydrogen-bond donors (Lipinski definition) is 2. The maximum Gasteiger partial charge on any atom is 0.123 e. The largest absolute Gasteiger partial charge is 0.492 e. The van der Waals surface area contributed by atoms with Crippen LogP contribution in [0, 0.1) is 0 Å². The summed E-state index contributed by atoms with van der Waals surface area (Å²) in [6.45, 7) is 3.09. The molecule has 1 aromatic heterocycles. The van der Waals surface area contributed by atoms with E-state index in [4.69, 9.17) is 4.74 Å². The van der Waals surface area contributed by atoms with Crippen LogP contribution in [0.3, 0.4) is 0 Å². The number of benzene rings is 1. The predicted octanol–water partition coefficient (Wildman–Crippen LogP) is 1.64. The van der Waals surface area contributed by atoms with Crippen LogP contribution in [0.2, 0.25) is 0 Å². The number of para-hydroxylation sites is 1. The van der Waals surface area contributed by atoms with Crippen molar-refractivity contribution >= 4 is 0 Å². The van der Waals surface area contributed by atoms with Crippen molar-refractivity contribution in [2.75, 3.05) is 27.2 Å². The molecule has 0 unspecified atom stereocenters. The minimum atomic E-state index is 0.697. The highest BCUT2D eigenvalue weighted by atomic mass is 16.5. The zero-order chi connectivity index (χ0) is 14.2. The molecule has 1 aromatic carbocycles. The molecule has 2 N–H and O–H groups in total. The van der Waals surface area contributed by atoms with Gasteiger partial charge >= 0.3 is 0 Å². The Labute approximate surface area is 120 Å². The molecular formula is C15H22N4O. The number of H-pyrrole nitrogens is 1. The second-order valence-electron chi connectivity index (χ2n) is 4.90. The molecule has 2 rings (SSSR count). The minimum Gasteiger partial charge on any atom is -0.492 e. The molecular weight excluding hydrogens is 252 g/mol. The lowest BCUT2D eigenvalue weighted by molar-refractivity contribution is 0.259. The van der Waals surface area contributed by atoms with Crippen LogP contribution in [0.1, 0.15) is 11.4 Å². The van der Waals surface area contributed by atoms with Gasteiger partial charge in [0.15, 0.2) is 0 Å². The molecule has 1 heterocycles. The molecule has 0 saturated heterocycles. The molecule has 0 saturated carbocycles. The van der Waals surface area contributed by atoms with E-state index in [0.29, 0.717) is 6.61 Å². The highest BCUT2D eigenvalue weighted by Crippen LogP contribution is 2.17. The van der Waals surface area contributed by atoms with E-state index in [1.54, 1.807) is 6.20 Å². The molecule has 0 bridgehead atoms. The van der Waals surface area contributed by atoms with Crippen LogP contribution in [-0.2, 0) is 13.1 Å². The molecule has 0 aliphatic carbocycles. The molecule has 5 nitrogen and oxygen atoms in total. The fourth-order valence-corrected chi connectivity index (χ4v) is 1.84. The maximum absolute atomic E-state index is 5.83. The lowest BCUT2D eigenvalue weighted by atomic mass is 10.2. The Morgan fingerprint density at radius 3 is 2.85 bits per heavy atom. The SMILES string of the molecule is CN(C)CCOc1ccccc1CNCc1ncc[nH]1. The van der Waals surface area contributed by atoms with Crippen LogP contribution < -0.4 is 10.1 Å². The summed E-state index contributed by atoms with van der Waals surface area (Å²) < 4.78 is 5.83. The van der Waals surface area contributed by atoms with Crippen LogP contribution >= 0.6 is 0 Å². The second-order valence-corrected chi connectivity index (χ2v) is 4.90. The first-order chi connectivity index (χ1) is 9.75. The van der Waals surface area contributed by atoms with Crippen molar-refractivity contribution in [2.45, 2.75) is 13.1 Å². The van der Waals surface area contributed by atoms with E-state index in [1.165, 1.54) is 0 Å². The molecule has 20 heavy (non-hydrogen) atoms. The summed E-state index contributed by atoms with van der Waals surface area (Å²) in [5.41, 5.74) is 1.16. The summed E-state index contributed by atoms with van der Waals surface area (Å²) >= 11 is 0. The molecule has 0 amide bonds.